The molecule has 1 aromatic carbocycles. The largest absolute Gasteiger partial charge is 0.279 e. The zero-order valence-electron chi connectivity index (χ0n) is 10.4. The minimum atomic E-state index is 0.0780. The Kier molecular flexibility index (Phi) is 6.94. The number of benzene rings is 1. The van der Waals surface area contributed by atoms with Gasteiger partial charge < -0.3 is 0 Å². The van der Waals surface area contributed by atoms with Crippen LogP contribution >= 0.6 is 16.1 Å². The molecule has 0 aliphatic carbocycles. The first-order valence-electron chi connectivity index (χ1n) is 6.18. The molecule has 1 amide bonds. The lowest BCUT2D eigenvalue weighted by atomic mass is 10.1. The van der Waals surface area contributed by atoms with Crippen LogP contribution in [0.5, 0.6) is 0 Å². The number of carbonyl (C=O) groups excluding carboxylic acids is 1. The highest BCUT2D eigenvalue weighted by Gasteiger charge is 2.02. The second-order valence-electron chi connectivity index (χ2n) is 4.25. The lowest BCUT2D eigenvalue weighted by molar-refractivity contribution is -0.123. The molecule has 1 rings (SSSR count). The summed E-state index contributed by atoms with van der Waals surface area (Å²) >= 11 is 3.23. The van der Waals surface area contributed by atoms with Gasteiger partial charge in [-0.25, -0.2) is 0 Å². The van der Waals surface area contributed by atoms with Crippen LogP contribution in [0.2, 0.25) is 0 Å². The first-order chi connectivity index (χ1) is 8.20. The maximum absolute atomic E-state index is 10.9. The minimum absolute atomic E-state index is 0.0780. The zero-order valence-corrected chi connectivity index (χ0v) is 11.9. The number of amides is 1. The average Bonchev–Trinajstić information content (AvgIpc) is 2.34. The molecule has 0 aliphatic rings. The summed E-state index contributed by atoms with van der Waals surface area (Å²) in [7, 11) is 0. The van der Waals surface area contributed by atoms with E-state index in [2.05, 4.69) is 46.5 Å². The van der Waals surface area contributed by atoms with Crippen LogP contribution in [0.25, 0.3) is 0 Å². The van der Waals surface area contributed by atoms with Crippen LogP contribution in [-0.2, 0) is 11.2 Å². The van der Waals surface area contributed by atoms with Gasteiger partial charge in [-0.15, -0.1) is 0 Å². The van der Waals surface area contributed by atoms with Crippen molar-refractivity contribution in [1.29, 1.82) is 0 Å². The van der Waals surface area contributed by atoms with Crippen molar-refractivity contribution in [2.75, 3.05) is 6.54 Å². The predicted molar refractivity (Wildman–Crippen MR) is 74.9 cm³/mol. The number of carbonyl (C=O) groups is 1. The van der Waals surface area contributed by atoms with E-state index >= 15 is 0 Å². The molecule has 17 heavy (non-hydrogen) atoms. The van der Waals surface area contributed by atoms with Gasteiger partial charge in [-0.3, -0.25) is 8.72 Å². The molecule has 2 nitrogen and oxygen atoms in total. The zero-order chi connectivity index (χ0) is 12.5. The number of hydrogen-bond acceptors (Lipinski definition) is 1. The summed E-state index contributed by atoms with van der Waals surface area (Å²) < 4.78 is 1.60. The van der Waals surface area contributed by atoms with Crippen LogP contribution in [0, 0.1) is 0 Å². The number of nitrogens with zero attached hydrogens (tertiary/aromatic N) is 1. The maximum atomic E-state index is 10.9. The van der Waals surface area contributed by atoms with Crippen molar-refractivity contribution < 1.29 is 4.79 Å². The van der Waals surface area contributed by atoms with Crippen molar-refractivity contribution >= 4 is 22.1 Å². The Bertz CT molecular complexity index is 326. The van der Waals surface area contributed by atoms with Crippen LogP contribution < -0.4 is 0 Å². The molecule has 1 aromatic rings. The SMILES string of the molecule is CC(=O)N(Br)CCCCCCc1ccccc1. The quantitative estimate of drug-likeness (QED) is 0.551. The molecule has 94 valence electrons. The van der Waals surface area contributed by atoms with Crippen LogP contribution in [0.3, 0.4) is 0 Å². The summed E-state index contributed by atoms with van der Waals surface area (Å²) in [5.74, 6) is 0.0780. The standard InChI is InChI=1S/C14H20BrNO/c1-13(17)16(15)12-8-3-2-5-9-14-10-6-4-7-11-14/h4,6-7,10-11H,2-3,5,8-9,12H2,1H3. The van der Waals surface area contributed by atoms with E-state index in [1.54, 1.807) is 10.8 Å². The third kappa shape index (κ3) is 6.47. The van der Waals surface area contributed by atoms with Crippen molar-refractivity contribution in [2.24, 2.45) is 0 Å². The second-order valence-corrected chi connectivity index (χ2v) is 5.11. The molecule has 0 bridgehead atoms. The van der Waals surface area contributed by atoms with E-state index in [9.17, 15) is 4.79 Å². The highest BCUT2D eigenvalue weighted by molar-refractivity contribution is 9.07. The normalized spacial score (nSPS) is 10.2. The fourth-order valence-corrected chi connectivity index (χ4v) is 1.99. The first kappa shape index (κ1) is 14.2. The summed E-state index contributed by atoms with van der Waals surface area (Å²) in [6.07, 6.45) is 5.87. The van der Waals surface area contributed by atoms with Crippen molar-refractivity contribution in [1.82, 2.24) is 3.93 Å². The monoisotopic (exact) mass is 297 g/mol. The van der Waals surface area contributed by atoms with Crippen molar-refractivity contribution in [2.45, 2.75) is 39.0 Å². The lowest BCUT2D eigenvalue weighted by Gasteiger charge is -2.11. The van der Waals surface area contributed by atoms with E-state index in [0.717, 1.165) is 19.4 Å². The molecule has 0 spiro atoms. The maximum Gasteiger partial charge on any atom is 0.229 e. The number of hydrogen-bond donors (Lipinski definition) is 0. The van der Waals surface area contributed by atoms with Gasteiger partial charge in [0.05, 0.1) is 16.1 Å². The van der Waals surface area contributed by atoms with Crippen LogP contribution in [-0.4, -0.2) is 16.4 Å². The molecule has 0 unspecified atom stereocenters. The molecule has 0 fully saturated rings. The number of unbranched alkanes of at least 4 members (excludes halogenated alkanes) is 3. The number of aryl methyl sites for hydroxylation is 1. The Morgan fingerprint density at radius 2 is 1.76 bits per heavy atom. The smallest absolute Gasteiger partial charge is 0.229 e. The van der Waals surface area contributed by atoms with Gasteiger partial charge in [-0.2, -0.15) is 0 Å². The molecule has 0 heterocycles. The molecule has 0 radical (unpaired) electrons. The van der Waals surface area contributed by atoms with Gasteiger partial charge >= 0.3 is 0 Å². The van der Waals surface area contributed by atoms with Gasteiger partial charge in [-0.05, 0) is 24.8 Å². The minimum Gasteiger partial charge on any atom is -0.279 e. The van der Waals surface area contributed by atoms with Gasteiger partial charge in [-0.1, -0.05) is 43.2 Å². The highest BCUT2D eigenvalue weighted by Crippen LogP contribution is 2.09. The highest BCUT2D eigenvalue weighted by atomic mass is 79.9. The van der Waals surface area contributed by atoms with Gasteiger partial charge in [0.2, 0.25) is 5.91 Å². The Labute approximate surface area is 112 Å². The van der Waals surface area contributed by atoms with Gasteiger partial charge in [0.15, 0.2) is 0 Å². The van der Waals surface area contributed by atoms with Crippen LogP contribution in [0.1, 0.15) is 38.2 Å². The number of rotatable bonds is 7. The third-order valence-electron chi connectivity index (χ3n) is 2.75. The first-order valence-corrected chi connectivity index (χ1v) is 6.89. The van der Waals surface area contributed by atoms with E-state index in [1.165, 1.54) is 24.8 Å². The van der Waals surface area contributed by atoms with E-state index < -0.39 is 0 Å². The van der Waals surface area contributed by atoms with Crippen molar-refractivity contribution in [3.63, 3.8) is 0 Å². The second kappa shape index (κ2) is 8.29. The number of halogens is 1. The summed E-state index contributed by atoms with van der Waals surface area (Å²) in [6.45, 7) is 2.38. The molecule has 0 saturated heterocycles. The van der Waals surface area contributed by atoms with Gasteiger partial charge in [0.1, 0.15) is 0 Å². The summed E-state index contributed by atoms with van der Waals surface area (Å²) in [6, 6.07) is 10.6. The van der Waals surface area contributed by atoms with Gasteiger partial charge in [0.25, 0.3) is 0 Å². The fourth-order valence-electron chi connectivity index (χ4n) is 1.74. The van der Waals surface area contributed by atoms with Crippen LogP contribution in [0.15, 0.2) is 30.3 Å². The predicted octanol–water partition coefficient (Wildman–Crippen LogP) is 3.95. The molecule has 0 atom stereocenters. The Balaban J connectivity index is 2.00. The van der Waals surface area contributed by atoms with E-state index in [4.69, 9.17) is 0 Å². The molecule has 0 aliphatic heterocycles. The van der Waals surface area contributed by atoms with E-state index in [0.29, 0.717) is 0 Å². The Hall–Kier alpha value is -0.830. The summed E-state index contributed by atoms with van der Waals surface area (Å²) in [4.78, 5) is 10.9. The molecule has 0 aromatic heterocycles. The molecule has 3 heteroatoms. The molecular formula is C14H20BrNO. The average molecular weight is 298 g/mol. The molecular weight excluding hydrogens is 278 g/mol. The lowest BCUT2D eigenvalue weighted by Crippen LogP contribution is -2.18. The molecule has 0 saturated carbocycles. The summed E-state index contributed by atoms with van der Waals surface area (Å²) in [5.41, 5.74) is 1.42. The topological polar surface area (TPSA) is 20.3 Å². The third-order valence-corrected chi connectivity index (χ3v) is 3.61. The fraction of sp³-hybridized carbons (Fsp3) is 0.500. The van der Waals surface area contributed by atoms with Crippen molar-refractivity contribution in [3.05, 3.63) is 35.9 Å². The molecule has 0 N–H and O–H groups in total. The van der Waals surface area contributed by atoms with Crippen molar-refractivity contribution in [3.8, 4) is 0 Å². The Morgan fingerprint density at radius 1 is 1.12 bits per heavy atom. The van der Waals surface area contributed by atoms with Gasteiger partial charge in [0, 0.05) is 13.5 Å². The Morgan fingerprint density at radius 3 is 2.41 bits per heavy atom. The van der Waals surface area contributed by atoms with E-state index in [-0.39, 0.29) is 5.91 Å². The summed E-state index contributed by atoms with van der Waals surface area (Å²) in [5, 5.41) is 0. The van der Waals surface area contributed by atoms with E-state index in [1.807, 2.05) is 0 Å². The van der Waals surface area contributed by atoms with Crippen LogP contribution in [0.4, 0.5) is 0 Å².